The highest BCUT2D eigenvalue weighted by molar-refractivity contribution is 5.65. The number of hydrogen-bond donors (Lipinski definition) is 1. The third-order valence-corrected chi connectivity index (χ3v) is 3.92. The fourth-order valence-corrected chi connectivity index (χ4v) is 2.79. The number of nitrogens with two attached hydrogens (primary N) is 1. The maximum atomic E-state index is 6.01. The topological polar surface area (TPSA) is 29.3 Å². The van der Waals surface area contributed by atoms with Gasteiger partial charge in [-0.1, -0.05) is 36.9 Å². The number of nitrogens with zero attached hydrogens (tertiary/aromatic N) is 1. The van der Waals surface area contributed by atoms with Gasteiger partial charge in [0.2, 0.25) is 0 Å². The standard InChI is InChI=1S/C16H18N2/c1-10-4-5-13-6-7-18(9-14(13)8-10)16-12(3)11(2)15(16)17/h4-5,8H,2-3,6-7,9,17H2,1H3. The Hall–Kier alpha value is -1.96. The van der Waals surface area contributed by atoms with E-state index in [0.717, 1.165) is 42.1 Å². The molecule has 2 N–H and O–H groups in total. The second-order valence-corrected chi connectivity index (χ2v) is 5.16. The molecule has 0 atom stereocenters. The summed E-state index contributed by atoms with van der Waals surface area (Å²) in [5, 5.41) is 0. The average Bonchev–Trinajstić information content (AvgIpc) is 2.38. The molecule has 1 heterocycles. The highest BCUT2D eigenvalue weighted by Gasteiger charge is 2.30. The van der Waals surface area contributed by atoms with Gasteiger partial charge < -0.3 is 10.6 Å². The molecule has 0 saturated carbocycles. The van der Waals surface area contributed by atoms with Gasteiger partial charge in [0, 0.05) is 24.2 Å². The summed E-state index contributed by atoms with van der Waals surface area (Å²) in [6.07, 6.45) is 1.08. The first-order chi connectivity index (χ1) is 8.58. The molecule has 0 aromatic heterocycles. The Balaban J connectivity index is 1.92. The van der Waals surface area contributed by atoms with Crippen LogP contribution >= 0.6 is 0 Å². The lowest BCUT2D eigenvalue weighted by Gasteiger charge is -2.39. The van der Waals surface area contributed by atoms with Crippen molar-refractivity contribution in [2.45, 2.75) is 19.9 Å². The molecule has 3 rings (SSSR count). The van der Waals surface area contributed by atoms with Crippen LogP contribution in [-0.2, 0) is 13.0 Å². The molecule has 1 aliphatic heterocycles. The third-order valence-electron chi connectivity index (χ3n) is 3.92. The Bertz CT molecular complexity index is 593. The predicted octanol–water partition coefficient (Wildman–Crippen LogP) is 2.65. The van der Waals surface area contributed by atoms with Gasteiger partial charge in [0.25, 0.3) is 0 Å². The highest BCUT2D eigenvalue weighted by atomic mass is 15.2. The van der Waals surface area contributed by atoms with Gasteiger partial charge in [0.05, 0.1) is 11.4 Å². The fraction of sp³-hybridized carbons (Fsp3) is 0.250. The predicted molar refractivity (Wildman–Crippen MR) is 74.8 cm³/mol. The van der Waals surface area contributed by atoms with Crippen LogP contribution < -0.4 is 5.73 Å². The van der Waals surface area contributed by atoms with E-state index in [0.29, 0.717) is 0 Å². The van der Waals surface area contributed by atoms with Crippen LogP contribution in [0, 0.1) is 6.92 Å². The van der Waals surface area contributed by atoms with Crippen molar-refractivity contribution in [1.29, 1.82) is 0 Å². The molecule has 0 unspecified atom stereocenters. The Morgan fingerprint density at radius 1 is 1.17 bits per heavy atom. The first-order valence-corrected chi connectivity index (χ1v) is 6.30. The van der Waals surface area contributed by atoms with Crippen molar-refractivity contribution in [2.75, 3.05) is 6.54 Å². The van der Waals surface area contributed by atoms with E-state index < -0.39 is 0 Å². The third kappa shape index (κ3) is 1.49. The maximum absolute atomic E-state index is 6.01. The molecule has 0 spiro atoms. The van der Waals surface area contributed by atoms with Crippen molar-refractivity contribution in [2.24, 2.45) is 5.73 Å². The van der Waals surface area contributed by atoms with Crippen LogP contribution in [0.25, 0.3) is 0 Å². The minimum atomic E-state index is 0.816. The molecule has 0 radical (unpaired) electrons. The van der Waals surface area contributed by atoms with E-state index in [-0.39, 0.29) is 0 Å². The van der Waals surface area contributed by atoms with Crippen molar-refractivity contribution in [3.8, 4) is 0 Å². The first-order valence-electron chi connectivity index (χ1n) is 6.30. The van der Waals surface area contributed by atoms with Gasteiger partial charge in [-0.25, -0.2) is 0 Å². The molecule has 1 aliphatic carbocycles. The van der Waals surface area contributed by atoms with E-state index in [1.54, 1.807) is 0 Å². The molecule has 18 heavy (non-hydrogen) atoms. The molecular formula is C16H18N2. The quantitative estimate of drug-likeness (QED) is 0.815. The van der Waals surface area contributed by atoms with Gasteiger partial charge in [0.1, 0.15) is 0 Å². The summed E-state index contributed by atoms with van der Waals surface area (Å²) in [5.74, 6) is 0. The largest absolute Gasteiger partial charge is 0.397 e. The lowest BCUT2D eigenvalue weighted by atomic mass is 9.87. The van der Waals surface area contributed by atoms with E-state index in [2.05, 4.69) is 43.2 Å². The summed E-state index contributed by atoms with van der Waals surface area (Å²) in [7, 11) is 0. The van der Waals surface area contributed by atoms with Gasteiger partial charge in [0.15, 0.2) is 0 Å². The molecule has 1 aromatic carbocycles. The average molecular weight is 238 g/mol. The summed E-state index contributed by atoms with van der Waals surface area (Å²) in [6.45, 7) is 12.0. The van der Waals surface area contributed by atoms with Crippen molar-refractivity contribution in [1.82, 2.24) is 4.90 Å². The number of rotatable bonds is 1. The zero-order chi connectivity index (χ0) is 12.9. The van der Waals surface area contributed by atoms with Gasteiger partial charge in [-0.2, -0.15) is 0 Å². The summed E-state index contributed by atoms with van der Waals surface area (Å²) in [6, 6.07) is 6.70. The number of aryl methyl sites for hydroxylation is 1. The SMILES string of the molecule is C=C1C(=C)C(N2CCc3ccc(C)cc3C2)=C1N. The summed E-state index contributed by atoms with van der Waals surface area (Å²) < 4.78 is 0. The zero-order valence-corrected chi connectivity index (χ0v) is 10.8. The van der Waals surface area contributed by atoms with Gasteiger partial charge in [-0.05, 0) is 24.5 Å². The van der Waals surface area contributed by atoms with Crippen LogP contribution in [0.1, 0.15) is 16.7 Å². The normalized spacial score (nSPS) is 18.8. The fourth-order valence-electron chi connectivity index (χ4n) is 2.79. The lowest BCUT2D eigenvalue weighted by molar-refractivity contribution is 0.320. The van der Waals surface area contributed by atoms with E-state index in [4.69, 9.17) is 5.73 Å². The summed E-state index contributed by atoms with van der Waals surface area (Å²) >= 11 is 0. The van der Waals surface area contributed by atoms with Crippen molar-refractivity contribution in [3.63, 3.8) is 0 Å². The summed E-state index contributed by atoms with van der Waals surface area (Å²) in [4.78, 5) is 2.33. The van der Waals surface area contributed by atoms with Crippen LogP contribution in [0.4, 0.5) is 0 Å². The second-order valence-electron chi connectivity index (χ2n) is 5.16. The number of fused-ring (bicyclic) bond motifs is 1. The molecule has 0 bridgehead atoms. The Kier molecular flexibility index (Phi) is 2.34. The van der Waals surface area contributed by atoms with Crippen molar-refractivity contribution < 1.29 is 0 Å². The number of hydrogen-bond acceptors (Lipinski definition) is 2. The molecule has 0 saturated heterocycles. The van der Waals surface area contributed by atoms with Crippen molar-refractivity contribution >= 4 is 0 Å². The van der Waals surface area contributed by atoms with Gasteiger partial charge in [-0.3, -0.25) is 0 Å². The monoisotopic (exact) mass is 238 g/mol. The van der Waals surface area contributed by atoms with Crippen LogP contribution in [0.2, 0.25) is 0 Å². The van der Waals surface area contributed by atoms with Gasteiger partial charge in [-0.15, -0.1) is 0 Å². The Labute approximate surface area is 108 Å². The minimum Gasteiger partial charge on any atom is -0.397 e. The Morgan fingerprint density at radius 2 is 1.94 bits per heavy atom. The van der Waals surface area contributed by atoms with Crippen LogP contribution in [0.15, 0.2) is 53.9 Å². The number of benzene rings is 1. The number of allylic oxidation sites excluding steroid dienone is 2. The van der Waals surface area contributed by atoms with E-state index in [1.165, 1.54) is 16.7 Å². The smallest absolute Gasteiger partial charge is 0.0683 e. The van der Waals surface area contributed by atoms with Gasteiger partial charge >= 0.3 is 0 Å². The second kappa shape index (κ2) is 3.77. The molecule has 2 nitrogen and oxygen atoms in total. The van der Waals surface area contributed by atoms with Crippen LogP contribution in [0.5, 0.6) is 0 Å². The summed E-state index contributed by atoms with van der Waals surface area (Å²) in [5.41, 5.74) is 14.0. The molecule has 1 aromatic rings. The minimum absolute atomic E-state index is 0.816. The van der Waals surface area contributed by atoms with Crippen LogP contribution in [0.3, 0.4) is 0 Å². The molecule has 0 fully saturated rings. The van der Waals surface area contributed by atoms with Crippen LogP contribution in [-0.4, -0.2) is 11.4 Å². The van der Waals surface area contributed by atoms with E-state index in [9.17, 15) is 0 Å². The molecule has 0 amide bonds. The highest BCUT2D eigenvalue weighted by Crippen LogP contribution is 2.38. The first kappa shape index (κ1) is 11.1. The van der Waals surface area contributed by atoms with E-state index in [1.807, 2.05) is 0 Å². The molecule has 92 valence electrons. The van der Waals surface area contributed by atoms with E-state index >= 15 is 0 Å². The molecular weight excluding hydrogens is 220 g/mol. The zero-order valence-electron chi connectivity index (χ0n) is 10.8. The maximum Gasteiger partial charge on any atom is 0.0683 e. The Morgan fingerprint density at radius 3 is 2.67 bits per heavy atom. The molecule has 2 heteroatoms. The lowest BCUT2D eigenvalue weighted by Crippen LogP contribution is -2.37. The van der Waals surface area contributed by atoms with Crippen molar-refractivity contribution in [3.05, 3.63) is 70.6 Å². The molecule has 2 aliphatic rings.